The van der Waals surface area contributed by atoms with Crippen LogP contribution in [0.15, 0.2) is 53.9 Å². The van der Waals surface area contributed by atoms with E-state index in [0.717, 1.165) is 16.3 Å². The first-order valence-corrected chi connectivity index (χ1v) is 9.63. The number of thiazole rings is 1. The molecule has 0 aliphatic rings. The van der Waals surface area contributed by atoms with Crippen LogP contribution in [0.3, 0.4) is 0 Å². The Morgan fingerprint density at radius 3 is 2.57 bits per heavy atom. The van der Waals surface area contributed by atoms with Crippen LogP contribution in [0.4, 0.5) is 5.69 Å². The van der Waals surface area contributed by atoms with Crippen molar-refractivity contribution in [1.29, 1.82) is 0 Å². The molecule has 0 bridgehead atoms. The van der Waals surface area contributed by atoms with Crippen molar-refractivity contribution in [3.8, 4) is 16.3 Å². The minimum absolute atomic E-state index is 0.112. The molecule has 1 N–H and O–H groups in total. The molecule has 2 aromatic carbocycles. The van der Waals surface area contributed by atoms with Gasteiger partial charge in [0.05, 0.1) is 24.4 Å². The summed E-state index contributed by atoms with van der Waals surface area (Å²) in [7, 11) is 3.16. The summed E-state index contributed by atoms with van der Waals surface area (Å²) < 4.78 is 5.14. The molecule has 8 heteroatoms. The predicted molar refractivity (Wildman–Crippen MR) is 111 cm³/mol. The van der Waals surface area contributed by atoms with E-state index in [1.54, 1.807) is 43.8 Å². The number of amides is 2. The summed E-state index contributed by atoms with van der Waals surface area (Å²) in [5, 5.41) is 5.54. The third-order valence-corrected chi connectivity index (χ3v) is 5.16. The fourth-order valence-electron chi connectivity index (χ4n) is 2.47. The number of likely N-dealkylation sites (N-methyl/N-ethyl adjacent to an activating group) is 1. The molecule has 0 aliphatic heterocycles. The first-order chi connectivity index (χ1) is 13.5. The molecule has 0 aliphatic carbocycles. The normalized spacial score (nSPS) is 10.4. The second kappa shape index (κ2) is 8.86. The number of para-hydroxylation sites is 1. The summed E-state index contributed by atoms with van der Waals surface area (Å²) in [5.74, 6) is 0.0840. The summed E-state index contributed by atoms with van der Waals surface area (Å²) in [6, 6.07) is 14.4. The smallest absolute Gasteiger partial charge is 0.273 e. The molecule has 0 saturated carbocycles. The minimum Gasteiger partial charge on any atom is -0.497 e. The van der Waals surface area contributed by atoms with E-state index in [1.165, 1.54) is 16.2 Å². The minimum atomic E-state index is -0.338. The van der Waals surface area contributed by atoms with Gasteiger partial charge in [0.15, 0.2) is 0 Å². The Morgan fingerprint density at radius 2 is 1.89 bits per heavy atom. The van der Waals surface area contributed by atoms with Crippen LogP contribution in [0.25, 0.3) is 10.6 Å². The van der Waals surface area contributed by atoms with Gasteiger partial charge in [0.1, 0.15) is 16.5 Å². The fraction of sp³-hybridized carbons (Fsp3) is 0.150. The summed E-state index contributed by atoms with van der Waals surface area (Å²) in [6.07, 6.45) is 0. The zero-order chi connectivity index (χ0) is 20.1. The predicted octanol–water partition coefficient (Wildman–Crippen LogP) is 4.18. The van der Waals surface area contributed by atoms with Gasteiger partial charge in [0.2, 0.25) is 5.91 Å². The van der Waals surface area contributed by atoms with Crippen molar-refractivity contribution >= 4 is 40.4 Å². The van der Waals surface area contributed by atoms with Crippen LogP contribution in [0, 0.1) is 0 Å². The molecule has 1 heterocycles. The Labute approximate surface area is 171 Å². The molecular weight excluding hydrogens is 398 g/mol. The van der Waals surface area contributed by atoms with E-state index in [9.17, 15) is 9.59 Å². The van der Waals surface area contributed by atoms with E-state index in [2.05, 4.69) is 10.3 Å². The lowest BCUT2D eigenvalue weighted by Gasteiger charge is -2.16. The second-order valence-electron chi connectivity index (χ2n) is 5.96. The third kappa shape index (κ3) is 4.68. The van der Waals surface area contributed by atoms with E-state index in [4.69, 9.17) is 16.3 Å². The molecule has 0 unspecified atom stereocenters. The maximum Gasteiger partial charge on any atom is 0.273 e. The molecule has 0 radical (unpaired) electrons. The van der Waals surface area contributed by atoms with Gasteiger partial charge in [-0.25, -0.2) is 4.98 Å². The average molecular weight is 416 g/mol. The Balaban J connectivity index is 1.64. The highest BCUT2D eigenvalue weighted by atomic mass is 35.5. The van der Waals surface area contributed by atoms with Crippen molar-refractivity contribution < 1.29 is 14.3 Å². The van der Waals surface area contributed by atoms with Crippen molar-refractivity contribution in [2.24, 2.45) is 0 Å². The Bertz CT molecular complexity index is 988. The molecule has 0 spiro atoms. The summed E-state index contributed by atoms with van der Waals surface area (Å²) in [4.78, 5) is 30.5. The van der Waals surface area contributed by atoms with E-state index < -0.39 is 0 Å². The van der Waals surface area contributed by atoms with Gasteiger partial charge >= 0.3 is 0 Å². The number of anilines is 1. The Morgan fingerprint density at radius 1 is 1.18 bits per heavy atom. The van der Waals surface area contributed by atoms with Gasteiger partial charge < -0.3 is 15.0 Å². The number of aromatic nitrogens is 1. The molecular formula is C20H18ClN3O3S. The second-order valence-corrected chi connectivity index (χ2v) is 7.22. The van der Waals surface area contributed by atoms with Crippen molar-refractivity contribution in [3.05, 3.63) is 64.6 Å². The molecule has 3 aromatic rings. The van der Waals surface area contributed by atoms with Crippen molar-refractivity contribution in [2.45, 2.75) is 0 Å². The molecule has 6 nitrogen and oxygen atoms in total. The Kier molecular flexibility index (Phi) is 6.28. The molecule has 0 saturated heterocycles. The molecule has 0 atom stereocenters. The van der Waals surface area contributed by atoms with Gasteiger partial charge in [-0.2, -0.15) is 0 Å². The summed E-state index contributed by atoms with van der Waals surface area (Å²) >= 11 is 7.40. The van der Waals surface area contributed by atoms with E-state index in [0.29, 0.717) is 16.4 Å². The summed E-state index contributed by atoms with van der Waals surface area (Å²) in [5.41, 5.74) is 1.69. The van der Waals surface area contributed by atoms with Crippen molar-refractivity contribution in [3.63, 3.8) is 0 Å². The maximum absolute atomic E-state index is 12.6. The number of nitrogens with one attached hydrogen (secondary N) is 1. The number of nitrogens with zero attached hydrogens (tertiary/aromatic N) is 2. The van der Waals surface area contributed by atoms with Gasteiger partial charge in [0, 0.05) is 18.0 Å². The number of carbonyl (C=O) groups is 2. The first kappa shape index (κ1) is 19.9. The lowest BCUT2D eigenvalue weighted by Crippen LogP contribution is -2.35. The van der Waals surface area contributed by atoms with Crippen molar-refractivity contribution in [1.82, 2.24) is 9.88 Å². The van der Waals surface area contributed by atoms with Crippen LogP contribution in [-0.4, -0.2) is 42.4 Å². The van der Waals surface area contributed by atoms with Gasteiger partial charge in [-0.05, 0) is 36.4 Å². The number of hydrogen-bond donors (Lipinski definition) is 1. The summed E-state index contributed by atoms with van der Waals surface area (Å²) in [6.45, 7) is -0.112. The average Bonchev–Trinajstić information content (AvgIpc) is 3.19. The molecule has 2 amide bonds. The molecule has 28 heavy (non-hydrogen) atoms. The first-order valence-electron chi connectivity index (χ1n) is 8.37. The standard InChI is InChI=1S/C20H18ClN3O3S/c1-24(11-18(25)22-16-6-4-3-5-15(16)21)20(26)17-12-28-19(23-17)13-7-9-14(27-2)10-8-13/h3-10,12H,11H2,1-2H3,(H,22,25). The van der Waals surface area contributed by atoms with Crippen LogP contribution in [-0.2, 0) is 4.79 Å². The van der Waals surface area contributed by atoms with Crippen LogP contribution in [0.2, 0.25) is 5.02 Å². The fourth-order valence-corrected chi connectivity index (χ4v) is 3.46. The van der Waals surface area contributed by atoms with Gasteiger partial charge in [-0.15, -0.1) is 11.3 Å². The highest BCUT2D eigenvalue weighted by molar-refractivity contribution is 7.13. The van der Waals surface area contributed by atoms with Crippen LogP contribution in [0.5, 0.6) is 5.75 Å². The maximum atomic E-state index is 12.6. The van der Waals surface area contributed by atoms with E-state index in [1.807, 2.05) is 24.3 Å². The highest BCUT2D eigenvalue weighted by Crippen LogP contribution is 2.26. The van der Waals surface area contributed by atoms with Crippen LogP contribution in [0.1, 0.15) is 10.5 Å². The quantitative estimate of drug-likeness (QED) is 0.655. The van der Waals surface area contributed by atoms with Gasteiger partial charge in [-0.1, -0.05) is 23.7 Å². The number of benzene rings is 2. The largest absolute Gasteiger partial charge is 0.497 e. The zero-order valence-electron chi connectivity index (χ0n) is 15.3. The Hall–Kier alpha value is -2.90. The van der Waals surface area contributed by atoms with Crippen LogP contribution >= 0.6 is 22.9 Å². The number of ether oxygens (including phenoxy) is 1. The molecule has 1 aromatic heterocycles. The monoisotopic (exact) mass is 415 g/mol. The van der Waals surface area contributed by atoms with Gasteiger partial charge in [0.25, 0.3) is 5.91 Å². The lowest BCUT2D eigenvalue weighted by molar-refractivity contribution is -0.116. The zero-order valence-corrected chi connectivity index (χ0v) is 16.9. The van der Waals surface area contributed by atoms with E-state index in [-0.39, 0.29) is 18.4 Å². The van der Waals surface area contributed by atoms with Crippen molar-refractivity contribution in [2.75, 3.05) is 26.0 Å². The van der Waals surface area contributed by atoms with Gasteiger partial charge in [-0.3, -0.25) is 9.59 Å². The molecule has 0 fully saturated rings. The lowest BCUT2D eigenvalue weighted by atomic mass is 10.2. The number of methoxy groups -OCH3 is 1. The molecule has 144 valence electrons. The topological polar surface area (TPSA) is 71.5 Å². The van der Waals surface area contributed by atoms with Crippen LogP contribution < -0.4 is 10.1 Å². The highest BCUT2D eigenvalue weighted by Gasteiger charge is 2.19. The number of carbonyl (C=O) groups excluding carboxylic acids is 2. The van der Waals surface area contributed by atoms with E-state index >= 15 is 0 Å². The number of halogens is 1. The third-order valence-electron chi connectivity index (χ3n) is 3.94. The number of rotatable bonds is 6. The number of hydrogen-bond acceptors (Lipinski definition) is 5. The SMILES string of the molecule is COc1ccc(-c2nc(C(=O)N(C)CC(=O)Nc3ccccc3Cl)cs2)cc1. The molecule has 3 rings (SSSR count).